The number of carbonyl (C=O) groups is 1. The smallest absolute Gasteiger partial charge is 0.322 e. The molecule has 1 aliphatic rings. The third kappa shape index (κ3) is 4.07. The number of nitrogens with one attached hydrogen (secondary N) is 1. The summed E-state index contributed by atoms with van der Waals surface area (Å²) in [6.45, 7) is 1.05. The Morgan fingerprint density at radius 3 is 2.62 bits per heavy atom. The van der Waals surface area contributed by atoms with Gasteiger partial charge in [0, 0.05) is 6.54 Å². The molecule has 1 fully saturated rings. The zero-order chi connectivity index (χ0) is 18.4. The molecule has 26 heavy (non-hydrogen) atoms. The van der Waals surface area contributed by atoms with Crippen LogP contribution in [0.5, 0.6) is 17.2 Å². The molecule has 0 spiro atoms. The van der Waals surface area contributed by atoms with Crippen LogP contribution >= 0.6 is 0 Å². The fourth-order valence-corrected chi connectivity index (χ4v) is 2.74. The number of para-hydroxylation sites is 4. The zero-order valence-electron chi connectivity index (χ0n) is 14.6. The van der Waals surface area contributed by atoms with Crippen LogP contribution in [0.15, 0.2) is 48.5 Å². The maximum atomic E-state index is 12.6. The van der Waals surface area contributed by atoms with Gasteiger partial charge in [0.15, 0.2) is 17.2 Å². The van der Waals surface area contributed by atoms with Crippen molar-refractivity contribution < 1.29 is 24.1 Å². The van der Waals surface area contributed by atoms with Gasteiger partial charge in [-0.1, -0.05) is 24.3 Å². The van der Waals surface area contributed by atoms with Gasteiger partial charge in [-0.05, 0) is 24.3 Å². The molecule has 2 N–H and O–H groups in total. The normalized spacial score (nSPS) is 16.8. The Hall–Kier alpha value is -2.77. The van der Waals surface area contributed by atoms with E-state index in [9.17, 15) is 9.90 Å². The van der Waals surface area contributed by atoms with Crippen molar-refractivity contribution in [2.75, 3.05) is 38.8 Å². The van der Waals surface area contributed by atoms with Crippen LogP contribution in [0.4, 0.5) is 10.5 Å². The number of carbonyl (C=O) groups excluding carboxylic acids is 1. The zero-order valence-corrected chi connectivity index (χ0v) is 14.6. The van der Waals surface area contributed by atoms with Gasteiger partial charge in [0.25, 0.3) is 0 Å². The first-order valence-corrected chi connectivity index (χ1v) is 8.39. The molecule has 0 saturated carbocycles. The number of nitrogens with zero attached hydrogens (tertiary/aromatic N) is 1. The number of ether oxygens (including phenoxy) is 3. The Labute approximate surface area is 152 Å². The molecule has 1 atom stereocenters. The van der Waals surface area contributed by atoms with Gasteiger partial charge in [0.1, 0.15) is 0 Å². The minimum atomic E-state index is -0.356. The molecule has 2 aromatic rings. The third-order valence-electron chi connectivity index (χ3n) is 4.12. The van der Waals surface area contributed by atoms with E-state index in [4.69, 9.17) is 14.2 Å². The fourth-order valence-electron chi connectivity index (χ4n) is 2.74. The molecule has 7 nitrogen and oxygen atoms in total. The summed E-state index contributed by atoms with van der Waals surface area (Å²) in [5.74, 6) is 1.65. The van der Waals surface area contributed by atoms with Gasteiger partial charge in [0.2, 0.25) is 0 Å². The fraction of sp³-hybridized carbons (Fsp3) is 0.316. The van der Waals surface area contributed by atoms with Crippen molar-refractivity contribution >= 4 is 11.7 Å². The maximum Gasteiger partial charge on any atom is 0.322 e. The van der Waals surface area contributed by atoms with Gasteiger partial charge >= 0.3 is 6.03 Å². The van der Waals surface area contributed by atoms with Gasteiger partial charge in [-0.3, -0.25) is 0 Å². The van der Waals surface area contributed by atoms with E-state index in [2.05, 4.69) is 5.32 Å². The topological polar surface area (TPSA) is 80.3 Å². The van der Waals surface area contributed by atoms with Gasteiger partial charge in [-0.15, -0.1) is 0 Å². The standard InChI is InChI=1S/C19H22N2O5/c1-24-17-8-4-5-9-18(17)26-16-7-3-2-6-15(16)20-19(23)21-10-11-25-13-14(21)12-22/h2-9,14,22H,10-13H2,1H3,(H,20,23). The van der Waals surface area contributed by atoms with Crippen molar-refractivity contribution in [2.24, 2.45) is 0 Å². The Morgan fingerprint density at radius 2 is 1.88 bits per heavy atom. The van der Waals surface area contributed by atoms with Crippen LogP contribution in [-0.4, -0.2) is 55.6 Å². The first-order valence-electron chi connectivity index (χ1n) is 8.39. The average Bonchev–Trinajstić information content (AvgIpc) is 2.69. The van der Waals surface area contributed by atoms with E-state index < -0.39 is 0 Å². The molecule has 1 aliphatic heterocycles. The monoisotopic (exact) mass is 358 g/mol. The van der Waals surface area contributed by atoms with Crippen molar-refractivity contribution in [1.82, 2.24) is 4.90 Å². The molecule has 3 rings (SSSR count). The van der Waals surface area contributed by atoms with Crippen LogP contribution in [0.2, 0.25) is 0 Å². The molecule has 7 heteroatoms. The van der Waals surface area contributed by atoms with Gasteiger partial charge in [0.05, 0.1) is 38.7 Å². The molecule has 2 aromatic carbocycles. The van der Waals surface area contributed by atoms with Crippen LogP contribution in [0.25, 0.3) is 0 Å². The number of rotatable bonds is 5. The van der Waals surface area contributed by atoms with E-state index in [1.165, 1.54) is 0 Å². The SMILES string of the molecule is COc1ccccc1Oc1ccccc1NC(=O)N1CCOCC1CO. The largest absolute Gasteiger partial charge is 0.493 e. The molecule has 0 aliphatic carbocycles. The van der Waals surface area contributed by atoms with Crippen molar-refractivity contribution in [3.05, 3.63) is 48.5 Å². The summed E-state index contributed by atoms with van der Waals surface area (Å²) in [6, 6.07) is 13.8. The highest BCUT2D eigenvalue weighted by Crippen LogP contribution is 2.34. The molecular formula is C19H22N2O5. The van der Waals surface area contributed by atoms with Crippen LogP contribution in [0, 0.1) is 0 Å². The summed E-state index contributed by atoms with van der Waals surface area (Å²) in [5.41, 5.74) is 0.534. The summed E-state index contributed by atoms with van der Waals surface area (Å²) in [5, 5.41) is 12.3. The molecule has 1 heterocycles. The molecule has 1 unspecified atom stereocenters. The first-order chi connectivity index (χ1) is 12.7. The highest BCUT2D eigenvalue weighted by molar-refractivity contribution is 5.91. The van der Waals surface area contributed by atoms with Gasteiger partial charge in [-0.25, -0.2) is 4.79 Å². The van der Waals surface area contributed by atoms with Crippen LogP contribution in [-0.2, 0) is 4.74 Å². The predicted molar refractivity (Wildman–Crippen MR) is 96.9 cm³/mol. The molecule has 0 bridgehead atoms. The summed E-state index contributed by atoms with van der Waals surface area (Å²) >= 11 is 0. The summed E-state index contributed by atoms with van der Waals surface area (Å²) in [4.78, 5) is 14.2. The van der Waals surface area contributed by atoms with Crippen molar-refractivity contribution in [2.45, 2.75) is 6.04 Å². The van der Waals surface area contributed by atoms with Crippen molar-refractivity contribution in [3.8, 4) is 17.2 Å². The van der Waals surface area contributed by atoms with E-state index in [0.717, 1.165) is 0 Å². The number of benzene rings is 2. The Bertz CT molecular complexity index is 752. The first kappa shape index (κ1) is 18.0. The lowest BCUT2D eigenvalue weighted by atomic mass is 10.2. The quantitative estimate of drug-likeness (QED) is 0.859. The molecular weight excluding hydrogens is 336 g/mol. The van der Waals surface area contributed by atoms with E-state index in [1.807, 2.05) is 24.3 Å². The number of methoxy groups -OCH3 is 1. The summed E-state index contributed by atoms with van der Waals surface area (Å²) in [7, 11) is 1.57. The van der Waals surface area contributed by atoms with Crippen molar-refractivity contribution in [3.63, 3.8) is 0 Å². The number of hydrogen-bond donors (Lipinski definition) is 2. The lowest BCUT2D eigenvalue weighted by molar-refractivity contribution is -0.00485. The molecule has 0 aromatic heterocycles. The average molecular weight is 358 g/mol. The number of aliphatic hydroxyl groups is 1. The molecule has 1 saturated heterocycles. The van der Waals surface area contributed by atoms with Gasteiger partial charge < -0.3 is 29.5 Å². The second-order valence-corrected chi connectivity index (χ2v) is 5.78. The minimum absolute atomic E-state index is 0.146. The predicted octanol–water partition coefficient (Wildman–Crippen LogP) is 2.71. The van der Waals surface area contributed by atoms with Crippen LogP contribution < -0.4 is 14.8 Å². The Morgan fingerprint density at radius 1 is 1.19 bits per heavy atom. The number of aliphatic hydroxyl groups excluding tert-OH is 1. The Kier molecular flexibility index (Phi) is 5.93. The second-order valence-electron chi connectivity index (χ2n) is 5.78. The van der Waals surface area contributed by atoms with Crippen LogP contribution in [0.1, 0.15) is 0 Å². The molecule has 2 amide bonds. The van der Waals surface area contributed by atoms with E-state index in [-0.39, 0.29) is 18.7 Å². The lowest BCUT2D eigenvalue weighted by Crippen LogP contribution is -2.52. The van der Waals surface area contributed by atoms with Crippen molar-refractivity contribution in [1.29, 1.82) is 0 Å². The maximum absolute atomic E-state index is 12.6. The number of anilines is 1. The number of hydrogen-bond acceptors (Lipinski definition) is 5. The van der Waals surface area contributed by atoms with Crippen LogP contribution in [0.3, 0.4) is 0 Å². The lowest BCUT2D eigenvalue weighted by Gasteiger charge is -2.34. The molecule has 138 valence electrons. The van der Waals surface area contributed by atoms with E-state index >= 15 is 0 Å². The number of urea groups is 1. The number of amides is 2. The Balaban J connectivity index is 1.78. The molecule has 0 radical (unpaired) electrons. The third-order valence-corrected chi connectivity index (χ3v) is 4.12. The minimum Gasteiger partial charge on any atom is -0.493 e. The number of morpholine rings is 1. The van der Waals surface area contributed by atoms with E-state index in [1.54, 1.807) is 36.3 Å². The van der Waals surface area contributed by atoms with E-state index in [0.29, 0.717) is 42.7 Å². The van der Waals surface area contributed by atoms with Gasteiger partial charge in [-0.2, -0.15) is 0 Å². The highest BCUT2D eigenvalue weighted by atomic mass is 16.5. The summed E-state index contributed by atoms with van der Waals surface area (Å²) in [6.07, 6.45) is 0. The highest BCUT2D eigenvalue weighted by Gasteiger charge is 2.27. The second kappa shape index (κ2) is 8.55. The summed E-state index contributed by atoms with van der Waals surface area (Å²) < 4.78 is 16.6.